The fourth-order valence-electron chi connectivity index (χ4n) is 7.17. The van der Waals surface area contributed by atoms with Gasteiger partial charge >= 0.3 is 5.97 Å². The molecule has 4 aromatic carbocycles. The van der Waals surface area contributed by atoms with E-state index in [0.717, 1.165) is 0 Å². The van der Waals surface area contributed by atoms with E-state index in [0.29, 0.717) is 26.0 Å². The molecule has 2 N–H and O–H groups in total. The van der Waals surface area contributed by atoms with E-state index < -0.39 is 22.7 Å². The van der Waals surface area contributed by atoms with E-state index in [1.807, 2.05) is 19.1 Å². The van der Waals surface area contributed by atoms with Gasteiger partial charge in [0.05, 0.1) is 19.1 Å². The maximum atomic E-state index is 13.3. The van der Waals surface area contributed by atoms with Gasteiger partial charge in [-0.15, -0.1) is 0 Å². The minimum Gasteiger partial charge on any atom is -0.466 e. The molecule has 4 rings (SSSR count). The number of hydrogen-bond donors (Lipinski definition) is 1. The first-order chi connectivity index (χ1) is 22.9. The molecule has 0 amide bonds. The van der Waals surface area contributed by atoms with Crippen LogP contribution in [0, 0.1) is 0 Å². The van der Waals surface area contributed by atoms with Crippen LogP contribution in [0.3, 0.4) is 0 Å². The van der Waals surface area contributed by atoms with E-state index in [-0.39, 0.29) is 28.6 Å². The third-order valence-electron chi connectivity index (χ3n) is 9.23. The molecule has 0 aliphatic rings. The third-order valence-corrected chi connectivity index (χ3v) is 19.4. The lowest BCUT2D eigenvalue weighted by Crippen LogP contribution is -2.69. The number of rotatable bonds is 15. The number of hydrogen-bond acceptors (Lipinski definition) is 5. The molecule has 48 heavy (non-hydrogen) atoms. The minimum absolute atomic E-state index is 0.128. The number of benzene rings is 4. The second-order valence-corrected chi connectivity index (χ2v) is 23.1. The summed E-state index contributed by atoms with van der Waals surface area (Å²) < 4.78 is 20.8. The largest absolute Gasteiger partial charge is 0.466 e. The number of esters is 1. The molecule has 0 fully saturated rings. The lowest BCUT2D eigenvalue weighted by molar-refractivity contribution is -0.145. The third kappa shape index (κ3) is 8.26. The summed E-state index contributed by atoms with van der Waals surface area (Å²) in [5.74, 6) is -0.266. The summed E-state index contributed by atoms with van der Waals surface area (Å²) in [6, 6.07) is 42.5. The van der Waals surface area contributed by atoms with Crippen molar-refractivity contribution in [3.05, 3.63) is 121 Å². The van der Waals surface area contributed by atoms with Crippen LogP contribution in [0.15, 0.2) is 121 Å². The van der Waals surface area contributed by atoms with Gasteiger partial charge in [-0.05, 0) is 57.1 Å². The summed E-state index contributed by atoms with van der Waals surface area (Å²) in [5.41, 5.74) is 6.35. The Morgan fingerprint density at radius 1 is 0.604 bits per heavy atom. The van der Waals surface area contributed by atoms with Gasteiger partial charge in [0.1, 0.15) is 0 Å². The predicted molar refractivity (Wildman–Crippen MR) is 205 cm³/mol. The average Bonchev–Trinajstić information content (AvgIpc) is 3.06. The van der Waals surface area contributed by atoms with Gasteiger partial charge in [0.2, 0.25) is 0 Å². The van der Waals surface area contributed by atoms with Crippen LogP contribution in [-0.2, 0) is 18.4 Å². The van der Waals surface area contributed by atoms with Crippen LogP contribution in [0.25, 0.3) is 0 Å². The van der Waals surface area contributed by atoms with Gasteiger partial charge in [-0.3, -0.25) is 4.79 Å². The fourth-order valence-corrected chi connectivity index (χ4v) is 16.6. The zero-order valence-corrected chi connectivity index (χ0v) is 31.9. The first-order valence-electron chi connectivity index (χ1n) is 17.3. The maximum Gasteiger partial charge on any atom is 0.308 e. The molecule has 0 saturated heterocycles. The van der Waals surface area contributed by atoms with Crippen molar-refractivity contribution < 1.29 is 18.4 Å². The molecule has 5 nitrogen and oxygen atoms in total. The lowest BCUT2D eigenvalue weighted by Gasteiger charge is -2.47. The minimum atomic E-state index is -3.00. The van der Waals surface area contributed by atoms with Crippen LogP contribution >= 0.6 is 0 Å². The van der Waals surface area contributed by atoms with Crippen molar-refractivity contribution in [2.24, 2.45) is 5.73 Å². The van der Waals surface area contributed by atoms with Gasteiger partial charge in [0.15, 0.2) is 0 Å². The van der Waals surface area contributed by atoms with Gasteiger partial charge in [0.25, 0.3) is 16.6 Å². The molecule has 0 radical (unpaired) electrons. The van der Waals surface area contributed by atoms with Crippen LogP contribution in [0.5, 0.6) is 0 Å². The Balaban J connectivity index is 1.88. The molecule has 7 heteroatoms. The van der Waals surface area contributed by atoms with Crippen molar-refractivity contribution in [3.63, 3.8) is 0 Å². The smallest absolute Gasteiger partial charge is 0.308 e. The molecule has 256 valence electrons. The summed E-state index contributed by atoms with van der Waals surface area (Å²) in [6.07, 6.45) is 0.534. The van der Waals surface area contributed by atoms with Gasteiger partial charge < -0.3 is 19.3 Å². The fraction of sp³-hybridized carbons (Fsp3) is 0.390. The lowest BCUT2D eigenvalue weighted by atomic mass is 10.1. The Morgan fingerprint density at radius 3 is 1.23 bits per heavy atom. The van der Waals surface area contributed by atoms with E-state index in [2.05, 4.69) is 151 Å². The van der Waals surface area contributed by atoms with E-state index in [1.54, 1.807) is 0 Å². The van der Waals surface area contributed by atoms with Crippen LogP contribution in [-0.4, -0.2) is 48.0 Å². The Morgan fingerprint density at radius 2 is 0.938 bits per heavy atom. The summed E-state index contributed by atoms with van der Waals surface area (Å²) >= 11 is 0. The Hall–Kier alpha value is -3.34. The zero-order chi connectivity index (χ0) is 34.8. The highest BCUT2D eigenvalue weighted by Gasteiger charge is 2.54. The van der Waals surface area contributed by atoms with Gasteiger partial charge in [-0.2, -0.15) is 0 Å². The molecule has 0 bridgehead atoms. The molecular weight excluding hydrogens is 627 g/mol. The standard InChI is InChI=1S/C41H55NO4Si2/c1-8-44-39(43)32-34(46-48(41(5,6)7,37-25-17-11-18-26-37)38-27-19-12-20-28-38)31-33(29-30-42)45-47(40(2,3)4,35-21-13-9-14-22-35)36-23-15-10-16-24-36/h9-28,33-34H,8,29-32,42H2,1-7H3. The first kappa shape index (κ1) is 37.5. The van der Waals surface area contributed by atoms with Crippen molar-refractivity contribution in [3.8, 4) is 0 Å². The zero-order valence-electron chi connectivity index (χ0n) is 29.9. The van der Waals surface area contributed by atoms with E-state index >= 15 is 0 Å². The monoisotopic (exact) mass is 681 g/mol. The number of ether oxygens (including phenoxy) is 1. The molecule has 4 aromatic rings. The summed E-state index contributed by atoms with van der Waals surface area (Å²) in [7, 11) is -5.91. The van der Waals surface area contributed by atoms with Crippen molar-refractivity contribution >= 4 is 43.4 Å². The molecule has 0 saturated carbocycles. The van der Waals surface area contributed by atoms with Gasteiger partial charge in [0, 0.05) is 6.10 Å². The molecule has 2 unspecified atom stereocenters. The predicted octanol–water partition coefficient (Wildman–Crippen LogP) is 6.57. The highest BCUT2D eigenvalue weighted by Crippen LogP contribution is 2.41. The molecule has 0 aliphatic carbocycles. The molecular formula is C41H55NO4Si2. The SMILES string of the molecule is CCOC(=O)CC(CC(CCN)O[Si](c1ccccc1)(c1ccccc1)C(C)(C)C)O[Si](c1ccccc1)(c1ccccc1)C(C)(C)C. The Labute approximate surface area is 291 Å². The highest BCUT2D eigenvalue weighted by atomic mass is 28.4. The van der Waals surface area contributed by atoms with Crippen LogP contribution in [0.4, 0.5) is 0 Å². The molecule has 0 aromatic heterocycles. The summed E-state index contributed by atoms with van der Waals surface area (Å²) in [6.45, 7) is 16.3. The van der Waals surface area contributed by atoms with Gasteiger partial charge in [-0.25, -0.2) is 0 Å². The normalized spacial score (nSPS) is 13.9. The molecule has 0 aliphatic heterocycles. The van der Waals surface area contributed by atoms with Crippen LogP contribution in [0.2, 0.25) is 10.1 Å². The average molecular weight is 682 g/mol. The number of carbonyl (C=O) groups excluding carboxylic acids is 1. The topological polar surface area (TPSA) is 70.8 Å². The number of nitrogens with two attached hydrogens (primary N) is 1. The second-order valence-electron chi connectivity index (χ2n) is 14.6. The van der Waals surface area contributed by atoms with Crippen molar-refractivity contribution in [2.45, 2.75) is 90.0 Å². The highest BCUT2D eigenvalue weighted by molar-refractivity contribution is 7.00. The Kier molecular flexibility index (Phi) is 12.8. The van der Waals surface area contributed by atoms with E-state index in [9.17, 15) is 4.79 Å². The van der Waals surface area contributed by atoms with E-state index in [4.69, 9.17) is 19.3 Å². The van der Waals surface area contributed by atoms with Crippen LogP contribution in [0.1, 0.15) is 67.7 Å². The quantitative estimate of drug-likeness (QED) is 0.114. The Bertz CT molecular complexity index is 1460. The van der Waals surface area contributed by atoms with Crippen molar-refractivity contribution in [1.29, 1.82) is 0 Å². The maximum absolute atomic E-state index is 13.3. The van der Waals surface area contributed by atoms with Crippen molar-refractivity contribution in [1.82, 2.24) is 0 Å². The molecule has 0 heterocycles. The van der Waals surface area contributed by atoms with Crippen LogP contribution < -0.4 is 26.5 Å². The number of carbonyl (C=O) groups is 1. The molecule has 0 spiro atoms. The van der Waals surface area contributed by atoms with Crippen molar-refractivity contribution in [2.75, 3.05) is 13.2 Å². The van der Waals surface area contributed by atoms with Gasteiger partial charge in [-0.1, -0.05) is 163 Å². The molecule has 2 atom stereocenters. The summed E-state index contributed by atoms with van der Waals surface area (Å²) in [5, 5.41) is 4.28. The summed E-state index contributed by atoms with van der Waals surface area (Å²) in [4.78, 5) is 13.3. The van der Waals surface area contributed by atoms with E-state index in [1.165, 1.54) is 20.7 Å². The second kappa shape index (κ2) is 16.4. The first-order valence-corrected chi connectivity index (χ1v) is 21.1.